The SMILES string of the molecule is C=Cc1cnc(-c2nc3cc(C)ccn3n2)c(CC)c1. The summed E-state index contributed by atoms with van der Waals surface area (Å²) >= 11 is 0. The van der Waals surface area contributed by atoms with Crippen molar-refractivity contribution in [3.63, 3.8) is 0 Å². The minimum absolute atomic E-state index is 0.670. The van der Waals surface area contributed by atoms with Crippen molar-refractivity contribution in [1.82, 2.24) is 19.6 Å². The van der Waals surface area contributed by atoms with Gasteiger partial charge in [-0.1, -0.05) is 19.6 Å². The molecule has 0 fully saturated rings. The maximum atomic E-state index is 4.57. The molecule has 3 aromatic rings. The van der Waals surface area contributed by atoms with Gasteiger partial charge in [-0.05, 0) is 48.2 Å². The van der Waals surface area contributed by atoms with E-state index in [9.17, 15) is 0 Å². The zero-order chi connectivity index (χ0) is 14.1. The van der Waals surface area contributed by atoms with Crippen molar-refractivity contribution in [1.29, 1.82) is 0 Å². The molecule has 4 nitrogen and oxygen atoms in total. The Balaban J connectivity index is 2.17. The van der Waals surface area contributed by atoms with Crippen molar-refractivity contribution in [3.8, 4) is 11.5 Å². The van der Waals surface area contributed by atoms with Crippen molar-refractivity contribution in [2.24, 2.45) is 0 Å². The molecule has 0 amide bonds. The van der Waals surface area contributed by atoms with Crippen LogP contribution in [-0.4, -0.2) is 19.6 Å². The van der Waals surface area contributed by atoms with Crippen LogP contribution in [0.3, 0.4) is 0 Å². The molecule has 20 heavy (non-hydrogen) atoms. The van der Waals surface area contributed by atoms with E-state index in [0.717, 1.165) is 28.9 Å². The third-order valence-electron chi connectivity index (χ3n) is 3.31. The van der Waals surface area contributed by atoms with Crippen LogP contribution < -0.4 is 0 Å². The van der Waals surface area contributed by atoms with Gasteiger partial charge in [0.1, 0.15) is 5.69 Å². The molecule has 0 saturated heterocycles. The number of pyridine rings is 2. The summed E-state index contributed by atoms with van der Waals surface area (Å²) in [5.74, 6) is 0.670. The Labute approximate surface area is 117 Å². The number of fused-ring (bicyclic) bond motifs is 1. The van der Waals surface area contributed by atoms with Crippen LogP contribution in [0.5, 0.6) is 0 Å². The zero-order valence-electron chi connectivity index (χ0n) is 11.7. The van der Waals surface area contributed by atoms with Gasteiger partial charge in [0.05, 0.1) is 0 Å². The number of hydrogen-bond acceptors (Lipinski definition) is 3. The summed E-state index contributed by atoms with van der Waals surface area (Å²) in [6, 6.07) is 6.12. The van der Waals surface area contributed by atoms with Crippen LogP contribution in [0.15, 0.2) is 37.2 Å². The van der Waals surface area contributed by atoms with Crippen LogP contribution in [0.25, 0.3) is 23.2 Å². The molecule has 0 spiro atoms. The normalized spacial score (nSPS) is 10.9. The lowest BCUT2D eigenvalue weighted by molar-refractivity contribution is 0.954. The Bertz CT molecular complexity index is 786. The summed E-state index contributed by atoms with van der Waals surface area (Å²) in [4.78, 5) is 9.07. The van der Waals surface area contributed by atoms with Crippen molar-refractivity contribution >= 4 is 11.7 Å². The largest absolute Gasteiger partial charge is 0.252 e. The van der Waals surface area contributed by atoms with Gasteiger partial charge in [0, 0.05) is 12.4 Å². The number of aromatic nitrogens is 4. The highest BCUT2D eigenvalue weighted by Crippen LogP contribution is 2.21. The molecular weight excluding hydrogens is 248 g/mol. The minimum atomic E-state index is 0.670. The number of hydrogen-bond donors (Lipinski definition) is 0. The monoisotopic (exact) mass is 264 g/mol. The third kappa shape index (κ3) is 2.09. The standard InChI is InChI=1S/C16H16N4/c1-4-12-9-13(5-2)15(17-10-12)16-18-14-8-11(3)6-7-20(14)19-16/h4,6-10H,1,5H2,2-3H3. The van der Waals surface area contributed by atoms with E-state index in [1.54, 1.807) is 16.8 Å². The highest BCUT2D eigenvalue weighted by atomic mass is 15.3. The topological polar surface area (TPSA) is 43.1 Å². The summed E-state index contributed by atoms with van der Waals surface area (Å²) < 4.78 is 1.78. The quantitative estimate of drug-likeness (QED) is 0.729. The van der Waals surface area contributed by atoms with E-state index in [-0.39, 0.29) is 0 Å². The second-order valence-electron chi connectivity index (χ2n) is 4.78. The highest BCUT2D eigenvalue weighted by Gasteiger charge is 2.12. The summed E-state index contributed by atoms with van der Waals surface area (Å²) in [6.07, 6.45) is 6.42. The van der Waals surface area contributed by atoms with E-state index in [4.69, 9.17) is 0 Å². The lowest BCUT2D eigenvalue weighted by atomic mass is 10.1. The van der Waals surface area contributed by atoms with Gasteiger partial charge in [0.25, 0.3) is 0 Å². The van der Waals surface area contributed by atoms with Crippen LogP contribution in [0, 0.1) is 6.92 Å². The average molecular weight is 264 g/mol. The second-order valence-corrected chi connectivity index (χ2v) is 4.78. The van der Waals surface area contributed by atoms with Gasteiger partial charge in [-0.15, -0.1) is 5.10 Å². The van der Waals surface area contributed by atoms with Gasteiger partial charge in [0.2, 0.25) is 5.82 Å². The predicted molar refractivity (Wildman–Crippen MR) is 80.4 cm³/mol. The van der Waals surface area contributed by atoms with Crippen molar-refractivity contribution in [2.75, 3.05) is 0 Å². The molecule has 3 rings (SSSR count). The molecule has 100 valence electrons. The fourth-order valence-corrected chi connectivity index (χ4v) is 2.19. The van der Waals surface area contributed by atoms with E-state index in [2.05, 4.69) is 34.6 Å². The van der Waals surface area contributed by atoms with Gasteiger partial charge < -0.3 is 0 Å². The molecule has 0 aliphatic carbocycles. The molecule has 4 heteroatoms. The lowest BCUT2D eigenvalue weighted by Gasteiger charge is -2.04. The molecule has 3 heterocycles. The van der Waals surface area contributed by atoms with Crippen molar-refractivity contribution < 1.29 is 0 Å². The van der Waals surface area contributed by atoms with Gasteiger partial charge >= 0.3 is 0 Å². The van der Waals surface area contributed by atoms with E-state index >= 15 is 0 Å². The van der Waals surface area contributed by atoms with E-state index in [1.807, 2.05) is 25.3 Å². The molecule has 0 aromatic carbocycles. The maximum absolute atomic E-state index is 4.57. The first-order valence-electron chi connectivity index (χ1n) is 6.66. The molecule has 3 aromatic heterocycles. The Kier molecular flexibility index (Phi) is 3.06. The first-order valence-corrected chi connectivity index (χ1v) is 6.66. The van der Waals surface area contributed by atoms with Gasteiger partial charge in [-0.25, -0.2) is 9.50 Å². The lowest BCUT2D eigenvalue weighted by Crippen LogP contribution is -1.95. The maximum Gasteiger partial charge on any atom is 0.201 e. The molecule has 0 saturated carbocycles. The molecule has 0 bridgehead atoms. The van der Waals surface area contributed by atoms with Crippen molar-refractivity contribution in [2.45, 2.75) is 20.3 Å². The average Bonchev–Trinajstić information content (AvgIpc) is 2.89. The summed E-state index contributed by atoms with van der Waals surface area (Å²) in [7, 11) is 0. The Morgan fingerprint density at radius 3 is 2.95 bits per heavy atom. The van der Waals surface area contributed by atoms with Crippen molar-refractivity contribution in [3.05, 3.63) is 53.9 Å². The van der Waals surface area contributed by atoms with Gasteiger partial charge in [-0.2, -0.15) is 0 Å². The smallest absolute Gasteiger partial charge is 0.201 e. The molecule has 0 unspecified atom stereocenters. The molecule has 0 atom stereocenters. The van der Waals surface area contributed by atoms with E-state index in [0.29, 0.717) is 5.82 Å². The van der Waals surface area contributed by atoms with Crippen LogP contribution in [0.4, 0.5) is 0 Å². The highest BCUT2D eigenvalue weighted by molar-refractivity contribution is 5.61. The zero-order valence-corrected chi connectivity index (χ0v) is 11.7. The fraction of sp³-hybridized carbons (Fsp3) is 0.188. The first kappa shape index (κ1) is 12.5. The second kappa shape index (κ2) is 4.89. The number of rotatable bonds is 3. The Morgan fingerprint density at radius 2 is 2.20 bits per heavy atom. The number of nitrogens with zero attached hydrogens (tertiary/aromatic N) is 4. The summed E-state index contributed by atoms with van der Waals surface area (Å²) in [6.45, 7) is 7.93. The predicted octanol–water partition coefficient (Wildman–Crippen LogP) is 3.31. The van der Waals surface area contributed by atoms with E-state index in [1.165, 1.54) is 5.56 Å². The number of aryl methyl sites for hydroxylation is 2. The van der Waals surface area contributed by atoms with Crippen LogP contribution in [0.2, 0.25) is 0 Å². The molecular formula is C16H16N4. The first-order chi connectivity index (χ1) is 9.71. The molecule has 0 N–H and O–H groups in total. The van der Waals surface area contributed by atoms with Gasteiger partial charge in [-0.3, -0.25) is 4.98 Å². The van der Waals surface area contributed by atoms with Gasteiger partial charge in [0.15, 0.2) is 5.65 Å². The van der Waals surface area contributed by atoms with Crippen LogP contribution in [0.1, 0.15) is 23.6 Å². The Hall–Kier alpha value is -2.49. The summed E-state index contributed by atoms with van der Waals surface area (Å²) in [5, 5.41) is 4.51. The molecule has 0 aliphatic rings. The molecule has 0 aliphatic heterocycles. The summed E-state index contributed by atoms with van der Waals surface area (Å²) in [5.41, 5.74) is 5.01. The van der Waals surface area contributed by atoms with E-state index < -0.39 is 0 Å². The van der Waals surface area contributed by atoms with Crippen LogP contribution in [-0.2, 0) is 6.42 Å². The fourth-order valence-electron chi connectivity index (χ4n) is 2.19. The Morgan fingerprint density at radius 1 is 1.35 bits per heavy atom. The molecule has 0 radical (unpaired) electrons. The minimum Gasteiger partial charge on any atom is -0.252 e. The van der Waals surface area contributed by atoms with Crippen LogP contribution >= 0.6 is 0 Å². The third-order valence-corrected chi connectivity index (χ3v) is 3.31.